The Balaban J connectivity index is 1.68. The lowest BCUT2D eigenvalue weighted by atomic mass is 9.77. The molecule has 0 aliphatic carbocycles. The zero-order chi connectivity index (χ0) is 25.0. The molecule has 2 heterocycles. The average Bonchev–Trinajstić information content (AvgIpc) is 3.40. The quantitative estimate of drug-likeness (QED) is 0.560. The maximum atomic E-state index is 13.4. The Kier molecular flexibility index (Phi) is 8.05. The Labute approximate surface area is 204 Å². The molecular formula is C26H33N3O4S. The van der Waals surface area contributed by atoms with Gasteiger partial charge in [0.25, 0.3) is 0 Å². The largest absolute Gasteiger partial charge is 0.391 e. The summed E-state index contributed by atoms with van der Waals surface area (Å²) in [5.74, 6) is -1.43. The van der Waals surface area contributed by atoms with E-state index >= 15 is 0 Å². The van der Waals surface area contributed by atoms with Gasteiger partial charge in [-0.3, -0.25) is 14.4 Å². The molecule has 2 amide bonds. The Morgan fingerprint density at radius 2 is 1.97 bits per heavy atom. The molecule has 0 saturated carbocycles. The highest BCUT2D eigenvalue weighted by molar-refractivity contribution is 7.13. The van der Waals surface area contributed by atoms with Crippen LogP contribution in [-0.4, -0.2) is 51.3 Å². The van der Waals surface area contributed by atoms with Gasteiger partial charge in [-0.2, -0.15) is 0 Å². The number of hydrogen-bond donors (Lipinski definition) is 2. The number of likely N-dealkylation sites (tertiary alicyclic amines) is 1. The summed E-state index contributed by atoms with van der Waals surface area (Å²) in [5.41, 5.74) is 4.33. The molecule has 1 fully saturated rings. The molecule has 3 rings (SSSR count). The van der Waals surface area contributed by atoms with Crippen molar-refractivity contribution >= 4 is 28.9 Å². The van der Waals surface area contributed by atoms with Crippen LogP contribution < -0.4 is 5.32 Å². The van der Waals surface area contributed by atoms with Gasteiger partial charge in [-0.1, -0.05) is 51.6 Å². The number of β-amino-alcohol motifs (C(OH)–C–C–N with tert-alkyl or cyclic N) is 1. The average molecular weight is 484 g/mol. The Morgan fingerprint density at radius 3 is 2.53 bits per heavy atom. The van der Waals surface area contributed by atoms with Crippen LogP contribution in [0.15, 0.2) is 42.4 Å². The fraction of sp³-hybridized carbons (Fsp3) is 0.462. The number of hydrogen-bond acceptors (Lipinski definition) is 6. The van der Waals surface area contributed by atoms with E-state index in [-0.39, 0.29) is 37.0 Å². The van der Waals surface area contributed by atoms with E-state index in [1.165, 1.54) is 11.0 Å². The summed E-state index contributed by atoms with van der Waals surface area (Å²) in [4.78, 5) is 45.3. The number of benzene rings is 1. The van der Waals surface area contributed by atoms with Gasteiger partial charge in [-0.05, 0) is 29.5 Å². The Hall–Kier alpha value is -2.84. The number of aliphatic hydroxyl groups excluding tert-OH is 1. The fourth-order valence-corrected chi connectivity index (χ4v) is 5.03. The predicted octanol–water partition coefficient (Wildman–Crippen LogP) is 3.50. The smallest absolute Gasteiger partial charge is 0.243 e. The third-order valence-corrected chi connectivity index (χ3v) is 7.25. The van der Waals surface area contributed by atoms with Crippen LogP contribution in [0.4, 0.5) is 0 Å². The van der Waals surface area contributed by atoms with Crippen molar-refractivity contribution in [3.8, 4) is 10.4 Å². The molecule has 0 bridgehead atoms. The van der Waals surface area contributed by atoms with Crippen LogP contribution in [0.25, 0.3) is 10.4 Å². The molecule has 1 aromatic heterocycles. The van der Waals surface area contributed by atoms with Crippen LogP contribution >= 0.6 is 11.3 Å². The van der Waals surface area contributed by atoms with Crippen molar-refractivity contribution in [3.63, 3.8) is 0 Å². The third-order valence-electron chi connectivity index (χ3n) is 6.27. The molecule has 1 aliphatic heterocycles. The van der Waals surface area contributed by atoms with E-state index in [4.69, 9.17) is 0 Å². The number of aryl methyl sites for hydroxylation is 1. The lowest BCUT2D eigenvalue weighted by Gasteiger charge is -2.34. The number of aliphatic hydroxyl groups is 1. The second kappa shape index (κ2) is 10.6. The molecule has 0 spiro atoms. The van der Waals surface area contributed by atoms with Gasteiger partial charge < -0.3 is 15.3 Å². The van der Waals surface area contributed by atoms with E-state index in [9.17, 15) is 19.5 Å². The summed E-state index contributed by atoms with van der Waals surface area (Å²) in [6, 6.07) is 7.14. The fourth-order valence-electron chi connectivity index (χ4n) is 4.21. The number of amides is 2. The van der Waals surface area contributed by atoms with Crippen LogP contribution in [-0.2, 0) is 20.9 Å². The highest BCUT2D eigenvalue weighted by Gasteiger charge is 2.44. The molecule has 1 aliphatic rings. The standard InChI is InChI=1S/C26H33N3O4S/c1-6-19(30)11-21(26(3,4)5)25(33)29-14-20(31)12-22(29)24(32)27-13-17-7-9-18(10-8-17)23-16(2)28-15-34-23/h6-10,15,20-22,31H,1,11-14H2,2-5H3,(H,27,32)/t20-,21-,22+/m1/s1. The SMILES string of the molecule is C=CC(=O)C[C@H](C(=O)N1C[C@H](O)C[C@H]1C(=O)NCc1ccc(-c2scnc2C)cc1)C(C)(C)C. The monoisotopic (exact) mass is 483 g/mol. The Morgan fingerprint density at radius 1 is 1.29 bits per heavy atom. The second-order valence-electron chi connectivity index (χ2n) is 9.87. The van der Waals surface area contributed by atoms with Gasteiger partial charge in [0.1, 0.15) is 6.04 Å². The van der Waals surface area contributed by atoms with Crippen molar-refractivity contribution < 1.29 is 19.5 Å². The summed E-state index contributed by atoms with van der Waals surface area (Å²) >= 11 is 1.59. The normalized spacial score (nSPS) is 19.0. The maximum absolute atomic E-state index is 13.4. The highest BCUT2D eigenvalue weighted by atomic mass is 32.1. The number of rotatable bonds is 8. The molecule has 8 heteroatoms. The summed E-state index contributed by atoms with van der Waals surface area (Å²) in [6.07, 6.45) is 0.639. The summed E-state index contributed by atoms with van der Waals surface area (Å²) in [6.45, 7) is 11.5. The first-order valence-corrected chi connectivity index (χ1v) is 12.3. The summed E-state index contributed by atoms with van der Waals surface area (Å²) in [5, 5.41) is 13.2. The van der Waals surface area contributed by atoms with E-state index in [1.54, 1.807) is 11.3 Å². The van der Waals surface area contributed by atoms with Crippen molar-refractivity contribution in [3.05, 3.63) is 53.7 Å². The van der Waals surface area contributed by atoms with Crippen molar-refractivity contribution in [2.75, 3.05) is 6.54 Å². The first-order chi connectivity index (χ1) is 16.0. The first-order valence-electron chi connectivity index (χ1n) is 11.4. The minimum absolute atomic E-state index is 0.0261. The van der Waals surface area contributed by atoms with Crippen LogP contribution in [0.2, 0.25) is 0 Å². The number of carbonyl (C=O) groups excluding carboxylic acids is 3. The van der Waals surface area contributed by atoms with Gasteiger partial charge in [0.05, 0.1) is 28.1 Å². The number of nitrogens with zero attached hydrogens (tertiary/aromatic N) is 2. The predicted molar refractivity (Wildman–Crippen MR) is 133 cm³/mol. The molecule has 2 N–H and O–H groups in total. The number of allylic oxidation sites excluding steroid dienone is 1. The van der Waals surface area contributed by atoms with Crippen molar-refractivity contribution in [2.45, 2.75) is 59.2 Å². The molecular weight excluding hydrogens is 450 g/mol. The number of thiazole rings is 1. The first kappa shape index (κ1) is 25.8. The Bertz CT molecular complexity index is 1050. The van der Waals surface area contributed by atoms with Gasteiger partial charge in [0.15, 0.2) is 5.78 Å². The number of nitrogens with one attached hydrogen (secondary N) is 1. The maximum Gasteiger partial charge on any atom is 0.243 e. The van der Waals surface area contributed by atoms with Crippen molar-refractivity contribution in [2.24, 2.45) is 11.3 Å². The molecule has 2 aromatic rings. The third kappa shape index (κ3) is 5.98. The van der Waals surface area contributed by atoms with E-state index < -0.39 is 23.5 Å². The molecule has 1 saturated heterocycles. The topological polar surface area (TPSA) is 99.6 Å². The number of ketones is 1. The van der Waals surface area contributed by atoms with E-state index in [2.05, 4.69) is 16.9 Å². The highest BCUT2D eigenvalue weighted by Crippen LogP contribution is 2.33. The molecule has 0 unspecified atom stereocenters. The molecule has 34 heavy (non-hydrogen) atoms. The lowest BCUT2D eigenvalue weighted by Crippen LogP contribution is -2.50. The van der Waals surface area contributed by atoms with Crippen LogP contribution in [0, 0.1) is 18.3 Å². The zero-order valence-corrected chi connectivity index (χ0v) is 21.0. The van der Waals surface area contributed by atoms with Crippen LogP contribution in [0.3, 0.4) is 0 Å². The summed E-state index contributed by atoms with van der Waals surface area (Å²) in [7, 11) is 0. The summed E-state index contributed by atoms with van der Waals surface area (Å²) < 4.78 is 0. The molecule has 0 radical (unpaired) electrons. The van der Waals surface area contributed by atoms with E-state index in [1.807, 2.05) is 57.5 Å². The van der Waals surface area contributed by atoms with Gasteiger partial charge in [0, 0.05) is 25.9 Å². The van der Waals surface area contributed by atoms with Crippen LogP contribution in [0.5, 0.6) is 0 Å². The lowest BCUT2D eigenvalue weighted by molar-refractivity contribution is -0.146. The van der Waals surface area contributed by atoms with Crippen LogP contribution in [0.1, 0.15) is 44.9 Å². The zero-order valence-electron chi connectivity index (χ0n) is 20.2. The minimum atomic E-state index is -0.780. The van der Waals surface area contributed by atoms with E-state index in [0.717, 1.165) is 21.7 Å². The minimum Gasteiger partial charge on any atom is -0.391 e. The van der Waals surface area contributed by atoms with Gasteiger partial charge in [0.2, 0.25) is 11.8 Å². The van der Waals surface area contributed by atoms with Gasteiger partial charge in [-0.25, -0.2) is 4.98 Å². The molecule has 182 valence electrons. The van der Waals surface area contributed by atoms with Crippen molar-refractivity contribution in [1.82, 2.24) is 15.2 Å². The number of aromatic nitrogens is 1. The molecule has 1 aromatic carbocycles. The van der Waals surface area contributed by atoms with Crippen molar-refractivity contribution in [1.29, 1.82) is 0 Å². The number of carbonyl (C=O) groups is 3. The second-order valence-corrected chi connectivity index (χ2v) is 10.7. The molecule has 3 atom stereocenters. The molecule has 7 nitrogen and oxygen atoms in total. The van der Waals surface area contributed by atoms with Gasteiger partial charge >= 0.3 is 0 Å². The van der Waals surface area contributed by atoms with E-state index in [0.29, 0.717) is 6.54 Å². The van der Waals surface area contributed by atoms with Gasteiger partial charge in [-0.15, -0.1) is 11.3 Å².